The van der Waals surface area contributed by atoms with Crippen LogP contribution >= 0.6 is 11.3 Å². The highest BCUT2D eigenvalue weighted by Gasteiger charge is 2.30. The van der Waals surface area contributed by atoms with Crippen molar-refractivity contribution in [3.05, 3.63) is 16.0 Å². The molecular weight excluding hydrogens is 304 g/mol. The van der Waals surface area contributed by atoms with Crippen LogP contribution in [0.2, 0.25) is 0 Å². The fraction of sp³-hybridized carbons (Fsp3) is 0.600. The van der Waals surface area contributed by atoms with Gasteiger partial charge in [0.25, 0.3) is 5.91 Å². The number of nitrogens with zero attached hydrogens (tertiary/aromatic N) is 1. The molecule has 1 amide bonds. The van der Waals surface area contributed by atoms with Gasteiger partial charge in [0.1, 0.15) is 11.1 Å². The maximum absolute atomic E-state index is 12.2. The van der Waals surface area contributed by atoms with Crippen molar-refractivity contribution in [3.63, 3.8) is 0 Å². The monoisotopic (exact) mass is 324 g/mol. The Balaban J connectivity index is 1.85. The van der Waals surface area contributed by atoms with Gasteiger partial charge >= 0.3 is 5.97 Å². The summed E-state index contributed by atoms with van der Waals surface area (Å²) in [6.07, 6.45) is 1.84. The van der Waals surface area contributed by atoms with Gasteiger partial charge in [-0.25, -0.2) is 4.79 Å². The highest BCUT2D eigenvalue weighted by molar-refractivity contribution is 7.17. The molecule has 1 fully saturated rings. The number of carbonyl (C=O) groups is 2. The van der Waals surface area contributed by atoms with Crippen LogP contribution < -0.4 is 5.32 Å². The summed E-state index contributed by atoms with van der Waals surface area (Å²) < 4.78 is 5.36. The fourth-order valence-corrected chi connectivity index (χ4v) is 4.30. The van der Waals surface area contributed by atoms with E-state index in [-0.39, 0.29) is 11.5 Å². The van der Waals surface area contributed by atoms with E-state index in [4.69, 9.17) is 4.74 Å². The quantitative estimate of drug-likeness (QED) is 0.885. The Morgan fingerprint density at radius 1 is 1.50 bits per heavy atom. The normalized spacial score (nSPS) is 21.6. The van der Waals surface area contributed by atoms with E-state index in [9.17, 15) is 14.7 Å². The van der Waals surface area contributed by atoms with Gasteiger partial charge in [-0.15, -0.1) is 11.3 Å². The van der Waals surface area contributed by atoms with E-state index >= 15 is 0 Å². The van der Waals surface area contributed by atoms with Crippen LogP contribution in [0.4, 0.5) is 5.00 Å². The van der Waals surface area contributed by atoms with E-state index in [1.54, 1.807) is 0 Å². The van der Waals surface area contributed by atoms with Gasteiger partial charge in [-0.2, -0.15) is 0 Å². The van der Waals surface area contributed by atoms with Crippen LogP contribution in [-0.2, 0) is 22.5 Å². The molecule has 3 heterocycles. The summed E-state index contributed by atoms with van der Waals surface area (Å²) in [5.74, 6) is -1.20. The number of aromatic carboxylic acids is 1. The molecule has 1 atom stereocenters. The Kier molecular flexibility index (Phi) is 4.46. The number of anilines is 1. The lowest BCUT2D eigenvalue weighted by molar-refractivity contribution is -0.124. The van der Waals surface area contributed by atoms with Crippen LogP contribution in [0.5, 0.6) is 0 Å². The summed E-state index contributed by atoms with van der Waals surface area (Å²) in [5, 5.41) is 12.8. The number of likely N-dealkylation sites (N-methyl/N-ethyl adjacent to an activating group) is 1. The molecule has 1 aromatic heterocycles. The zero-order valence-corrected chi connectivity index (χ0v) is 13.4. The second kappa shape index (κ2) is 6.36. The predicted molar refractivity (Wildman–Crippen MR) is 83.5 cm³/mol. The third kappa shape index (κ3) is 2.88. The van der Waals surface area contributed by atoms with Crippen molar-refractivity contribution in [1.29, 1.82) is 0 Å². The van der Waals surface area contributed by atoms with Crippen LogP contribution in [0.15, 0.2) is 0 Å². The van der Waals surface area contributed by atoms with Gasteiger partial charge in [-0.3, -0.25) is 9.69 Å². The molecule has 1 aromatic rings. The van der Waals surface area contributed by atoms with Crippen molar-refractivity contribution in [2.24, 2.45) is 0 Å². The highest BCUT2D eigenvalue weighted by Crippen LogP contribution is 2.37. The number of nitrogens with one attached hydrogen (secondary N) is 1. The topological polar surface area (TPSA) is 78.9 Å². The first-order valence-electron chi connectivity index (χ1n) is 7.62. The molecule has 0 spiro atoms. The number of carbonyl (C=O) groups excluding carboxylic acids is 1. The number of carboxylic acids is 1. The molecule has 1 saturated heterocycles. The summed E-state index contributed by atoms with van der Waals surface area (Å²) in [5.41, 5.74) is 1.15. The van der Waals surface area contributed by atoms with Crippen LogP contribution in [0.25, 0.3) is 0 Å². The molecule has 22 heavy (non-hydrogen) atoms. The third-order valence-corrected chi connectivity index (χ3v) is 5.39. The van der Waals surface area contributed by atoms with Crippen molar-refractivity contribution in [3.8, 4) is 0 Å². The maximum Gasteiger partial charge on any atom is 0.339 e. The lowest BCUT2D eigenvalue weighted by Crippen LogP contribution is -2.30. The molecule has 3 rings (SSSR count). The van der Waals surface area contributed by atoms with Gasteiger partial charge in [-0.05, 0) is 31.4 Å². The number of rotatable bonds is 4. The largest absolute Gasteiger partial charge is 0.478 e. The summed E-state index contributed by atoms with van der Waals surface area (Å²) in [7, 11) is 0. The second-order valence-electron chi connectivity index (χ2n) is 5.62. The minimum Gasteiger partial charge on any atom is -0.478 e. The predicted octanol–water partition coefficient (Wildman–Crippen LogP) is 1.94. The SMILES string of the molecule is CCN1CCc2c(sc(NC(=O)C3CCCO3)c2C(=O)O)C1. The minimum atomic E-state index is -0.968. The maximum atomic E-state index is 12.2. The van der Waals surface area contributed by atoms with Gasteiger partial charge in [0, 0.05) is 24.6 Å². The zero-order valence-electron chi connectivity index (χ0n) is 12.6. The van der Waals surface area contributed by atoms with Gasteiger partial charge in [0.05, 0.1) is 5.56 Å². The van der Waals surface area contributed by atoms with Crippen molar-refractivity contribution in [2.45, 2.75) is 38.8 Å². The molecule has 120 valence electrons. The molecule has 2 aliphatic heterocycles. The standard InChI is InChI=1S/C15H20N2O4S/c1-2-17-6-5-9-11(8-17)22-14(12(9)15(19)20)16-13(18)10-4-3-7-21-10/h10H,2-8H2,1H3,(H,16,18)(H,19,20). The van der Waals surface area contributed by atoms with Crippen LogP contribution in [0.3, 0.4) is 0 Å². The molecule has 2 N–H and O–H groups in total. The smallest absolute Gasteiger partial charge is 0.339 e. The van der Waals surface area contributed by atoms with Crippen molar-refractivity contribution < 1.29 is 19.4 Å². The Labute approximate surface area is 133 Å². The lowest BCUT2D eigenvalue weighted by atomic mass is 10.0. The first-order chi connectivity index (χ1) is 10.6. The van der Waals surface area contributed by atoms with Crippen LogP contribution in [0, 0.1) is 0 Å². The summed E-state index contributed by atoms with van der Waals surface area (Å²) in [6, 6.07) is 0. The first-order valence-corrected chi connectivity index (χ1v) is 8.44. The van der Waals surface area contributed by atoms with E-state index in [1.165, 1.54) is 11.3 Å². The van der Waals surface area contributed by atoms with Gasteiger partial charge in [0.15, 0.2) is 0 Å². The van der Waals surface area contributed by atoms with E-state index in [0.29, 0.717) is 18.0 Å². The minimum absolute atomic E-state index is 0.231. The molecule has 6 nitrogen and oxygen atoms in total. The average Bonchev–Trinajstić information content (AvgIpc) is 3.13. The van der Waals surface area contributed by atoms with E-state index < -0.39 is 12.1 Å². The van der Waals surface area contributed by atoms with Crippen LogP contribution in [0.1, 0.15) is 40.6 Å². The third-order valence-electron chi connectivity index (χ3n) is 4.26. The van der Waals surface area contributed by atoms with E-state index in [2.05, 4.69) is 17.1 Å². The highest BCUT2D eigenvalue weighted by atomic mass is 32.1. The molecular formula is C15H20N2O4S. The number of carboxylic acid groups (broad SMARTS) is 1. The van der Waals surface area contributed by atoms with Gasteiger partial charge in [-0.1, -0.05) is 6.92 Å². The Morgan fingerprint density at radius 2 is 2.32 bits per heavy atom. The molecule has 0 saturated carbocycles. The Morgan fingerprint density at radius 3 is 2.95 bits per heavy atom. The number of fused-ring (bicyclic) bond motifs is 1. The Hall–Kier alpha value is -1.44. The Bertz CT molecular complexity index is 593. The van der Waals surface area contributed by atoms with Crippen molar-refractivity contribution >= 4 is 28.2 Å². The number of amides is 1. The second-order valence-corrected chi connectivity index (χ2v) is 6.73. The molecule has 7 heteroatoms. The van der Waals surface area contributed by atoms with Gasteiger partial charge < -0.3 is 15.2 Å². The van der Waals surface area contributed by atoms with Crippen molar-refractivity contribution in [1.82, 2.24) is 4.90 Å². The summed E-state index contributed by atoms with van der Waals surface area (Å²) in [6.45, 7) is 5.25. The number of hydrogen-bond donors (Lipinski definition) is 2. The van der Waals surface area contributed by atoms with Gasteiger partial charge in [0.2, 0.25) is 0 Å². The van der Waals surface area contributed by atoms with E-state index in [1.807, 2.05) is 0 Å². The number of thiophene rings is 1. The van der Waals surface area contributed by atoms with E-state index in [0.717, 1.165) is 42.9 Å². The fourth-order valence-electron chi connectivity index (χ4n) is 3.02. The van der Waals surface area contributed by atoms with Crippen LogP contribution in [-0.4, -0.2) is 47.7 Å². The molecule has 0 aromatic carbocycles. The number of hydrogen-bond acceptors (Lipinski definition) is 5. The number of ether oxygens (including phenoxy) is 1. The molecule has 0 bridgehead atoms. The average molecular weight is 324 g/mol. The van der Waals surface area contributed by atoms with Crippen molar-refractivity contribution in [2.75, 3.05) is 25.0 Å². The molecule has 1 unspecified atom stereocenters. The molecule has 2 aliphatic rings. The zero-order chi connectivity index (χ0) is 15.7. The first kappa shape index (κ1) is 15.5. The summed E-state index contributed by atoms with van der Waals surface area (Å²) >= 11 is 1.39. The molecule has 0 aliphatic carbocycles. The summed E-state index contributed by atoms with van der Waals surface area (Å²) in [4.78, 5) is 27.1. The molecule has 0 radical (unpaired) electrons. The lowest BCUT2D eigenvalue weighted by Gasteiger charge is -2.25.